The van der Waals surface area contributed by atoms with Crippen LogP contribution in [0.25, 0.3) is 0 Å². The third-order valence-electron chi connectivity index (χ3n) is 8.01. The molecule has 5 rings (SSSR count). The summed E-state index contributed by atoms with van der Waals surface area (Å²) in [6.07, 6.45) is 2.23. The maximum absolute atomic E-state index is 13.9. The molecule has 0 aromatic heterocycles. The van der Waals surface area contributed by atoms with Gasteiger partial charge in [-0.05, 0) is 64.2 Å². The average molecular weight is 626 g/mol. The van der Waals surface area contributed by atoms with E-state index in [4.69, 9.17) is 19.0 Å². The van der Waals surface area contributed by atoms with Crippen LogP contribution in [0.2, 0.25) is 0 Å². The molecule has 1 saturated carbocycles. The Morgan fingerprint density at radius 3 is 2.52 bits per heavy atom. The monoisotopic (exact) mass is 625 g/mol. The first-order valence-corrected chi connectivity index (χ1v) is 14.5. The Bertz CT molecular complexity index is 1350. The Kier molecular flexibility index (Phi) is 8.92. The number of nitrogens with zero attached hydrogens (tertiary/aromatic N) is 2. The first kappa shape index (κ1) is 31.7. The molecule has 44 heavy (non-hydrogen) atoms. The number of rotatable bonds is 7. The summed E-state index contributed by atoms with van der Waals surface area (Å²) in [4.78, 5) is 18.1. The Labute approximate surface area is 252 Å². The van der Waals surface area contributed by atoms with E-state index in [1.165, 1.54) is 12.1 Å². The van der Waals surface area contributed by atoms with Crippen LogP contribution >= 0.6 is 0 Å². The van der Waals surface area contributed by atoms with E-state index in [0.717, 1.165) is 12.1 Å². The standard InChI is InChI=1S/C29H38F3N5O7/c1-28(2,3)43-27(40)33-16-5-7-29(8-6-16)12-17(35-44-29)11-21-26(41-4)24(25(39)22(14-38)42-21)37-13-20(34-36-37)15-9-18(30)23(32)19(31)10-15/h9-10,16,20-21,34,36,38-39H,5-8,11-14H2,1-4H3,(H,33,40)/t16?,20-,21-,29?/m1/s1. The van der Waals surface area contributed by atoms with Gasteiger partial charge >= 0.3 is 6.09 Å². The van der Waals surface area contributed by atoms with E-state index in [-0.39, 0.29) is 47.5 Å². The summed E-state index contributed by atoms with van der Waals surface area (Å²) in [5.74, 6) is -4.47. The number of aliphatic hydroxyl groups excluding tert-OH is 2. The maximum atomic E-state index is 13.9. The summed E-state index contributed by atoms with van der Waals surface area (Å²) in [6, 6.07) is 1.06. The van der Waals surface area contributed by atoms with Gasteiger partial charge < -0.3 is 34.6 Å². The summed E-state index contributed by atoms with van der Waals surface area (Å²) >= 11 is 0. The molecule has 2 fully saturated rings. The fourth-order valence-electron chi connectivity index (χ4n) is 5.91. The zero-order valence-electron chi connectivity index (χ0n) is 25.0. The normalized spacial score (nSPS) is 27.3. The van der Waals surface area contributed by atoms with Crippen LogP contribution in [0.4, 0.5) is 18.0 Å². The number of hydrazine groups is 2. The van der Waals surface area contributed by atoms with E-state index in [2.05, 4.69) is 21.4 Å². The van der Waals surface area contributed by atoms with Crippen molar-refractivity contribution in [1.29, 1.82) is 0 Å². The summed E-state index contributed by atoms with van der Waals surface area (Å²) in [6.45, 7) is 4.87. The molecule has 242 valence electrons. The number of benzene rings is 1. The van der Waals surface area contributed by atoms with Gasteiger partial charge in [0.2, 0.25) is 0 Å². The smallest absolute Gasteiger partial charge is 0.407 e. The molecule has 3 heterocycles. The maximum Gasteiger partial charge on any atom is 0.407 e. The van der Waals surface area contributed by atoms with Gasteiger partial charge in [0.15, 0.2) is 40.8 Å². The van der Waals surface area contributed by atoms with E-state index in [9.17, 15) is 28.2 Å². The van der Waals surface area contributed by atoms with Gasteiger partial charge in [0.25, 0.3) is 0 Å². The molecule has 1 amide bonds. The van der Waals surface area contributed by atoms with E-state index < -0.39 is 53.5 Å². The third kappa shape index (κ3) is 6.69. The number of halogens is 3. The Morgan fingerprint density at radius 1 is 1.23 bits per heavy atom. The van der Waals surface area contributed by atoms with Crippen LogP contribution in [0.15, 0.2) is 40.3 Å². The van der Waals surface area contributed by atoms with Gasteiger partial charge in [-0.25, -0.2) is 23.4 Å². The number of oxime groups is 1. The number of aliphatic hydroxyl groups is 2. The molecule has 12 nitrogen and oxygen atoms in total. The lowest BCUT2D eigenvalue weighted by Gasteiger charge is -2.35. The molecule has 0 bridgehead atoms. The fourth-order valence-corrected chi connectivity index (χ4v) is 5.91. The third-order valence-corrected chi connectivity index (χ3v) is 8.01. The van der Waals surface area contributed by atoms with Gasteiger partial charge in [0.05, 0.1) is 25.4 Å². The molecule has 15 heteroatoms. The van der Waals surface area contributed by atoms with Crippen LogP contribution in [0.5, 0.6) is 0 Å². The number of hydrogen-bond acceptors (Lipinski definition) is 11. The molecule has 1 spiro atoms. The van der Waals surface area contributed by atoms with Crippen molar-refractivity contribution in [3.63, 3.8) is 0 Å². The second kappa shape index (κ2) is 12.4. The number of ether oxygens (including phenoxy) is 3. The molecule has 2 atom stereocenters. The summed E-state index contributed by atoms with van der Waals surface area (Å²) in [5.41, 5.74) is 5.59. The Morgan fingerprint density at radius 2 is 1.91 bits per heavy atom. The molecular formula is C29H38F3N5O7. The topological polar surface area (TPSA) is 146 Å². The van der Waals surface area contributed by atoms with Crippen molar-refractivity contribution in [2.75, 3.05) is 20.3 Å². The number of hydrogen-bond donors (Lipinski definition) is 5. The van der Waals surface area contributed by atoms with Gasteiger partial charge in [-0.15, -0.1) is 0 Å². The second-order valence-corrected chi connectivity index (χ2v) is 12.4. The van der Waals surface area contributed by atoms with Crippen LogP contribution in [0.1, 0.15) is 70.9 Å². The molecule has 0 radical (unpaired) electrons. The lowest BCUT2D eigenvalue weighted by molar-refractivity contribution is -0.0505. The number of carbonyl (C=O) groups excluding carboxylic acids is 1. The summed E-state index contributed by atoms with van der Waals surface area (Å²) < 4.78 is 58.2. The quantitative estimate of drug-likeness (QED) is 0.283. The molecule has 1 saturated heterocycles. The molecule has 5 N–H and O–H groups in total. The van der Waals surface area contributed by atoms with Gasteiger partial charge in [-0.2, -0.15) is 5.53 Å². The predicted molar refractivity (Wildman–Crippen MR) is 150 cm³/mol. The number of amides is 1. The van der Waals surface area contributed by atoms with Crippen LogP contribution in [0.3, 0.4) is 0 Å². The van der Waals surface area contributed by atoms with Crippen molar-refractivity contribution >= 4 is 11.8 Å². The zero-order valence-corrected chi connectivity index (χ0v) is 25.0. The van der Waals surface area contributed by atoms with Crippen LogP contribution in [-0.2, 0) is 19.0 Å². The number of alkyl carbamates (subject to hydrolysis) is 1. The predicted octanol–water partition coefficient (Wildman–Crippen LogP) is 3.86. The van der Waals surface area contributed by atoms with Crippen LogP contribution in [-0.4, -0.2) is 70.6 Å². The van der Waals surface area contributed by atoms with Crippen molar-refractivity contribution in [2.24, 2.45) is 5.16 Å². The van der Waals surface area contributed by atoms with Crippen molar-refractivity contribution in [3.05, 3.63) is 58.1 Å². The SMILES string of the molecule is COC1=C(N2C[C@H](c3cc(F)c(F)c(F)c3)NN2)C(O)=C(CO)O[C@@H]1CC1=NOC2(CCC(NC(=O)OC(C)(C)C)CC2)C1. The van der Waals surface area contributed by atoms with Crippen molar-refractivity contribution < 1.29 is 47.2 Å². The highest BCUT2D eigenvalue weighted by Gasteiger charge is 2.45. The molecule has 1 aromatic carbocycles. The highest BCUT2D eigenvalue weighted by Crippen LogP contribution is 2.41. The fraction of sp³-hybridized carbons (Fsp3) is 0.586. The zero-order chi connectivity index (χ0) is 31.8. The minimum Gasteiger partial charge on any atom is -0.503 e. The highest BCUT2D eigenvalue weighted by molar-refractivity contribution is 5.87. The number of methoxy groups -OCH3 is 1. The lowest BCUT2D eigenvalue weighted by atomic mass is 9.79. The van der Waals surface area contributed by atoms with E-state index in [1.54, 1.807) is 0 Å². The van der Waals surface area contributed by atoms with Gasteiger partial charge in [0.1, 0.15) is 23.5 Å². The van der Waals surface area contributed by atoms with Crippen molar-refractivity contribution in [2.45, 2.75) is 88.7 Å². The molecule has 1 aliphatic carbocycles. The minimum absolute atomic E-state index is 0.0381. The number of nitrogens with one attached hydrogen (secondary N) is 3. The molecule has 3 aliphatic heterocycles. The largest absolute Gasteiger partial charge is 0.503 e. The lowest BCUT2D eigenvalue weighted by Crippen LogP contribution is -2.45. The Balaban J connectivity index is 1.25. The molecular weight excluding hydrogens is 587 g/mol. The summed E-state index contributed by atoms with van der Waals surface area (Å²) in [7, 11) is 1.40. The van der Waals surface area contributed by atoms with E-state index >= 15 is 0 Å². The first-order valence-electron chi connectivity index (χ1n) is 14.5. The van der Waals surface area contributed by atoms with E-state index in [0.29, 0.717) is 37.8 Å². The number of carbonyl (C=O) groups is 1. The molecule has 0 unspecified atom stereocenters. The molecule has 1 aromatic rings. The van der Waals surface area contributed by atoms with Crippen LogP contribution < -0.4 is 16.3 Å². The summed E-state index contributed by atoms with van der Waals surface area (Å²) in [5, 5.41) is 29.7. The molecule has 4 aliphatic rings. The van der Waals surface area contributed by atoms with Crippen LogP contribution in [0, 0.1) is 17.5 Å². The van der Waals surface area contributed by atoms with Crippen molar-refractivity contribution in [3.8, 4) is 0 Å². The van der Waals surface area contributed by atoms with Crippen molar-refractivity contribution in [1.82, 2.24) is 21.3 Å². The average Bonchev–Trinajstić information content (AvgIpc) is 3.60. The van der Waals surface area contributed by atoms with Gasteiger partial charge in [-0.3, -0.25) is 5.01 Å². The van der Waals surface area contributed by atoms with Gasteiger partial charge in [-0.1, -0.05) is 5.16 Å². The second-order valence-electron chi connectivity index (χ2n) is 12.4. The first-order chi connectivity index (χ1) is 20.8. The minimum atomic E-state index is -1.56. The Hall–Kier alpha value is -3.69. The highest BCUT2D eigenvalue weighted by atomic mass is 19.2. The van der Waals surface area contributed by atoms with Gasteiger partial charge in [0, 0.05) is 18.9 Å². The van der Waals surface area contributed by atoms with E-state index in [1.807, 2.05) is 20.8 Å².